The van der Waals surface area contributed by atoms with Gasteiger partial charge < -0.3 is 14.8 Å². The average Bonchev–Trinajstić information content (AvgIpc) is 2.96. The molecule has 0 aliphatic heterocycles. The van der Waals surface area contributed by atoms with Gasteiger partial charge in [-0.2, -0.15) is 4.98 Å². The molecule has 2 heterocycles. The van der Waals surface area contributed by atoms with Gasteiger partial charge in [-0.15, -0.1) is 0 Å². The Bertz CT molecular complexity index is 739. The van der Waals surface area contributed by atoms with E-state index in [1.54, 1.807) is 0 Å². The lowest BCUT2D eigenvalue weighted by Gasteiger charge is -1.97. The summed E-state index contributed by atoms with van der Waals surface area (Å²) in [6.45, 7) is 3.88. The van der Waals surface area contributed by atoms with E-state index in [9.17, 15) is 0 Å². The van der Waals surface area contributed by atoms with Gasteiger partial charge in [0.15, 0.2) is 0 Å². The third-order valence-corrected chi connectivity index (χ3v) is 3.45. The van der Waals surface area contributed by atoms with Crippen molar-refractivity contribution in [2.24, 2.45) is 12.8 Å². The molecule has 0 saturated carbocycles. The SMILES string of the molecule is Cc1c(-c2noc(C(C)N)n2)c2ccccc2n1C. The highest BCUT2D eigenvalue weighted by Crippen LogP contribution is 2.32. The summed E-state index contributed by atoms with van der Waals surface area (Å²) in [5, 5.41) is 5.18. The number of benzene rings is 1. The minimum Gasteiger partial charge on any atom is -0.347 e. The normalized spacial score (nSPS) is 13.1. The van der Waals surface area contributed by atoms with Gasteiger partial charge in [-0.05, 0) is 19.9 Å². The number of rotatable bonds is 2. The van der Waals surface area contributed by atoms with Crippen molar-refractivity contribution in [1.29, 1.82) is 0 Å². The first-order valence-electron chi connectivity index (χ1n) is 6.23. The minimum atomic E-state index is -0.253. The van der Waals surface area contributed by atoms with Crippen LogP contribution in [0.3, 0.4) is 0 Å². The van der Waals surface area contributed by atoms with Crippen LogP contribution in [0, 0.1) is 6.92 Å². The molecule has 0 spiro atoms. The second-order valence-corrected chi connectivity index (χ2v) is 4.78. The molecule has 3 aromatic rings. The molecule has 2 N–H and O–H groups in total. The summed E-state index contributed by atoms with van der Waals surface area (Å²) in [5.41, 5.74) is 9.03. The summed E-state index contributed by atoms with van der Waals surface area (Å²) >= 11 is 0. The predicted molar refractivity (Wildman–Crippen MR) is 73.6 cm³/mol. The van der Waals surface area contributed by atoms with Crippen molar-refractivity contribution in [1.82, 2.24) is 14.7 Å². The second kappa shape index (κ2) is 4.20. The van der Waals surface area contributed by atoms with Gasteiger partial charge in [0.25, 0.3) is 0 Å². The van der Waals surface area contributed by atoms with Gasteiger partial charge in [-0.25, -0.2) is 0 Å². The zero-order chi connectivity index (χ0) is 13.6. The van der Waals surface area contributed by atoms with E-state index in [0.29, 0.717) is 11.7 Å². The summed E-state index contributed by atoms with van der Waals surface area (Å²) < 4.78 is 7.33. The Hall–Kier alpha value is -2.14. The molecule has 0 radical (unpaired) electrons. The average molecular weight is 256 g/mol. The minimum absolute atomic E-state index is 0.253. The fourth-order valence-corrected chi connectivity index (χ4v) is 2.32. The zero-order valence-electron chi connectivity index (χ0n) is 11.2. The van der Waals surface area contributed by atoms with E-state index >= 15 is 0 Å². The number of para-hydroxylation sites is 1. The van der Waals surface area contributed by atoms with Crippen LogP contribution < -0.4 is 5.73 Å². The molecule has 0 aliphatic rings. The fraction of sp³-hybridized carbons (Fsp3) is 0.286. The Kier molecular flexibility index (Phi) is 2.64. The lowest BCUT2D eigenvalue weighted by molar-refractivity contribution is 0.362. The summed E-state index contributed by atoms with van der Waals surface area (Å²) in [4.78, 5) is 4.39. The molecule has 5 heteroatoms. The summed E-state index contributed by atoms with van der Waals surface area (Å²) in [5.74, 6) is 1.06. The van der Waals surface area contributed by atoms with Crippen LogP contribution in [0.2, 0.25) is 0 Å². The van der Waals surface area contributed by atoms with Crippen molar-refractivity contribution in [3.8, 4) is 11.4 Å². The van der Waals surface area contributed by atoms with Crippen molar-refractivity contribution in [3.63, 3.8) is 0 Å². The number of nitrogens with zero attached hydrogens (tertiary/aromatic N) is 3. The van der Waals surface area contributed by atoms with Crippen LogP contribution in [0.15, 0.2) is 28.8 Å². The maximum atomic E-state index is 5.76. The lowest BCUT2D eigenvalue weighted by atomic mass is 10.1. The Labute approximate surface area is 111 Å². The van der Waals surface area contributed by atoms with Gasteiger partial charge in [-0.1, -0.05) is 23.4 Å². The Morgan fingerprint density at radius 3 is 2.74 bits per heavy atom. The molecule has 3 rings (SSSR count). The monoisotopic (exact) mass is 256 g/mol. The van der Waals surface area contributed by atoms with E-state index in [2.05, 4.69) is 33.8 Å². The Morgan fingerprint density at radius 1 is 1.32 bits per heavy atom. The standard InChI is InChI=1S/C14H16N4O/c1-8(15)14-16-13(17-19-14)12-9(2)18(3)11-7-5-4-6-10(11)12/h4-8H,15H2,1-3H3. The van der Waals surface area contributed by atoms with Gasteiger partial charge in [0, 0.05) is 23.6 Å². The van der Waals surface area contributed by atoms with E-state index in [-0.39, 0.29) is 6.04 Å². The highest BCUT2D eigenvalue weighted by atomic mass is 16.5. The van der Waals surface area contributed by atoms with E-state index < -0.39 is 0 Å². The summed E-state index contributed by atoms with van der Waals surface area (Å²) in [7, 11) is 2.04. The van der Waals surface area contributed by atoms with Crippen molar-refractivity contribution in [3.05, 3.63) is 35.9 Å². The third kappa shape index (κ3) is 1.74. The molecule has 1 atom stereocenters. The van der Waals surface area contributed by atoms with Crippen LogP contribution in [0.4, 0.5) is 0 Å². The number of nitrogens with two attached hydrogens (primary N) is 1. The zero-order valence-corrected chi connectivity index (χ0v) is 11.2. The smallest absolute Gasteiger partial charge is 0.243 e. The molecule has 0 amide bonds. The predicted octanol–water partition coefficient (Wildman–Crippen LogP) is 2.56. The van der Waals surface area contributed by atoms with Crippen LogP contribution in [0.1, 0.15) is 24.6 Å². The van der Waals surface area contributed by atoms with Gasteiger partial charge in [0.1, 0.15) is 0 Å². The molecule has 0 saturated heterocycles. The summed E-state index contributed by atoms with van der Waals surface area (Å²) in [6.07, 6.45) is 0. The first kappa shape index (κ1) is 11.9. The van der Waals surface area contributed by atoms with Crippen molar-refractivity contribution < 1.29 is 4.52 Å². The number of aryl methyl sites for hydroxylation is 1. The molecule has 0 fully saturated rings. The van der Waals surface area contributed by atoms with E-state index in [1.807, 2.05) is 26.1 Å². The van der Waals surface area contributed by atoms with E-state index in [1.165, 1.54) is 0 Å². The Balaban J connectivity index is 2.26. The number of hydrogen-bond acceptors (Lipinski definition) is 4. The number of hydrogen-bond donors (Lipinski definition) is 1. The largest absolute Gasteiger partial charge is 0.347 e. The van der Waals surface area contributed by atoms with Gasteiger partial charge in [-0.3, -0.25) is 0 Å². The van der Waals surface area contributed by atoms with Gasteiger partial charge in [0.05, 0.1) is 11.6 Å². The van der Waals surface area contributed by atoms with E-state index in [4.69, 9.17) is 10.3 Å². The van der Waals surface area contributed by atoms with Crippen molar-refractivity contribution in [2.45, 2.75) is 19.9 Å². The molecule has 5 nitrogen and oxygen atoms in total. The fourth-order valence-electron chi connectivity index (χ4n) is 2.32. The second-order valence-electron chi connectivity index (χ2n) is 4.78. The van der Waals surface area contributed by atoms with Crippen molar-refractivity contribution in [2.75, 3.05) is 0 Å². The van der Waals surface area contributed by atoms with E-state index in [0.717, 1.165) is 22.2 Å². The van der Waals surface area contributed by atoms with Gasteiger partial charge >= 0.3 is 0 Å². The highest BCUT2D eigenvalue weighted by molar-refractivity contribution is 5.96. The van der Waals surface area contributed by atoms with Crippen LogP contribution in [0.25, 0.3) is 22.3 Å². The van der Waals surface area contributed by atoms with Crippen LogP contribution in [-0.4, -0.2) is 14.7 Å². The molecule has 1 unspecified atom stereocenters. The van der Waals surface area contributed by atoms with Crippen LogP contribution in [0.5, 0.6) is 0 Å². The lowest BCUT2D eigenvalue weighted by Crippen LogP contribution is -2.04. The Morgan fingerprint density at radius 2 is 2.05 bits per heavy atom. The molecular weight excluding hydrogens is 240 g/mol. The first-order chi connectivity index (χ1) is 9.09. The number of fused-ring (bicyclic) bond motifs is 1. The maximum Gasteiger partial charge on any atom is 0.243 e. The molecule has 0 aliphatic carbocycles. The molecule has 2 aromatic heterocycles. The maximum absolute atomic E-state index is 5.76. The number of aromatic nitrogens is 3. The first-order valence-corrected chi connectivity index (χ1v) is 6.23. The molecule has 1 aromatic carbocycles. The quantitative estimate of drug-likeness (QED) is 0.765. The van der Waals surface area contributed by atoms with Crippen LogP contribution >= 0.6 is 0 Å². The molecule has 19 heavy (non-hydrogen) atoms. The molecule has 0 bridgehead atoms. The van der Waals surface area contributed by atoms with Crippen LogP contribution in [-0.2, 0) is 7.05 Å². The molecular formula is C14H16N4O. The summed E-state index contributed by atoms with van der Waals surface area (Å²) in [6, 6.07) is 7.93. The molecule has 98 valence electrons. The highest BCUT2D eigenvalue weighted by Gasteiger charge is 2.19. The topological polar surface area (TPSA) is 69.9 Å². The van der Waals surface area contributed by atoms with Gasteiger partial charge in [0.2, 0.25) is 11.7 Å². The third-order valence-electron chi connectivity index (χ3n) is 3.45. The van der Waals surface area contributed by atoms with Crippen molar-refractivity contribution >= 4 is 10.9 Å².